The number of thioether (sulfide) groups is 1. The van der Waals surface area contributed by atoms with Crippen LogP contribution in [0.1, 0.15) is 18.9 Å². The van der Waals surface area contributed by atoms with Gasteiger partial charge in [-0.2, -0.15) is 0 Å². The number of ether oxygens (including phenoxy) is 2. The van der Waals surface area contributed by atoms with E-state index in [0.29, 0.717) is 5.41 Å². The number of benzene rings is 1. The van der Waals surface area contributed by atoms with Crippen LogP contribution in [0.25, 0.3) is 0 Å². The Labute approximate surface area is 150 Å². The van der Waals surface area contributed by atoms with Crippen LogP contribution in [0.5, 0.6) is 11.5 Å². The lowest BCUT2D eigenvalue weighted by Gasteiger charge is -2.29. The Balaban J connectivity index is 0.00000264. The van der Waals surface area contributed by atoms with Gasteiger partial charge in [0.2, 0.25) is 0 Å². The molecule has 1 aromatic carbocycles. The SMILES string of the molecule is COc1cc(CN(C)CC2(C)CCNC2)c(SC)cc1OC.Cl. The van der Waals surface area contributed by atoms with E-state index < -0.39 is 0 Å². The van der Waals surface area contributed by atoms with E-state index in [9.17, 15) is 0 Å². The quantitative estimate of drug-likeness (QED) is 0.755. The Morgan fingerprint density at radius 1 is 1.26 bits per heavy atom. The van der Waals surface area contributed by atoms with Gasteiger partial charge in [0, 0.05) is 24.5 Å². The highest BCUT2D eigenvalue weighted by molar-refractivity contribution is 7.98. The number of hydrogen-bond acceptors (Lipinski definition) is 5. The number of rotatable bonds is 7. The van der Waals surface area contributed by atoms with Gasteiger partial charge >= 0.3 is 0 Å². The fourth-order valence-corrected chi connectivity index (χ4v) is 3.83. The van der Waals surface area contributed by atoms with Crippen molar-refractivity contribution in [3.63, 3.8) is 0 Å². The summed E-state index contributed by atoms with van der Waals surface area (Å²) in [4.78, 5) is 3.66. The van der Waals surface area contributed by atoms with E-state index in [1.165, 1.54) is 16.9 Å². The zero-order valence-electron chi connectivity index (χ0n) is 14.8. The van der Waals surface area contributed by atoms with Gasteiger partial charge in [-0.1, -0.05) is 6.92 Å². The van der Waals surface area contributed by atoms with Crippen LogP contribution in [0.3, 0.4) is 0 Å². The molecule has 1 aliphatic rings. The molecule has 1 saturated heterocycles. The van der Waals surface area contributed by atoms with E-state index in [1.54, 1.807) is 26.0 Å². The van der Waals surface area contributed by atoms with Crippen molar-refractivity contribution in [2.75, 3.05) is 47.2 Å². The van der Waals surface area contributed by atoms with Gasteiger partial charge in [0.05, 0.1) is 14.2 Å². The van der Waals surface area contributed by atoms with Gasteiger partial charge in [0.1, 0.15) is 0 Å². The van der Waals surface area contributed by atoms with Crippen LogP contribution in [0.15, 0.2) is 17.0 Å². The van der Waals surface area contributed by atoms with E-state index in [-0.39, 0.29) is 12.4 Å². The standard InChI is InChI=1S/C17H28N2O2S.ClH/c1-17(6-7-18-11-17)12-19(2)10-13-8-14(20-3)15(21-4)9-16(13)22-5;/h8-9,18H,6-7,10-12H2,1-5H3;1H. The largest absolute Gasteiger partial charge is 0.493 e. The maximum Gasteiger partial charge on any atom is 0.161 e. The fourth-order valence-electron chi connectivity index (χ4n) is 3.22. The molecule has 0 saturated carbocycles. The van der Waals surface area contributed by atoms with E-state index >= 15 is 0 Å². The van der Waals surface area contributed by atoms with E-state index in [1.807, 2.05) is 0 Å². The molecule has 23 heavy (non-hydrogen) atoms. The second kappa shape index (κ2) is 9.02. The first kappa shape index (κ1) is 20.4. The summed E-state index contributed by atoms with van der Waals surface area (Å²) in [5.74, 6) is 1.60. The number of nitrogens with one attached hydrogen (secondary N) is 1. The van der Waals surface area contributed by atoms with Gasteiger partial charge in [-0.15, -0.1) is 24.2 Å². The van der Waals surface area contributed by atoms with Crippen LogP contribution in [0.4, 0.5) is 0 Å². The molecule has 0 aromatic heterocycles. The Bertz CT molecular complexity index is 508. The molecule has 1 aliphatic heterocycles. The molecule has 0 spiro atoms. The predicted octanol–water partition coefficient (Wildman–Crippen LogP) is 3.28. The Morgan fingerprint density at radius 2 is 1.91 bits per heavy atom. The highest BCUT2D eigenvalue weighted by Gasteiger charge is 2.29. The van der Waals surface area contributed by atoms with Crippen molar-refractivity contribution >= 4 is 24.2 Å². The van der Waals surface area contributed by atoms with Crippen LogP contribution in [0.2, 0.25) is 0 Å². The smallest absolute Gasteiger partial charge is 0.161 e. The van der Waals surface area contributed by atoms with Crippen LogP contribution < -0.4 is 14.8 Å². The molecule has 0 amide bonds. The Morgan fingerprint density at radius 3 is 2.43 bits per heavy atom. The third kappa shape index (κ3) is 5.18. The summed E-state index contributed by atoms with van der Waals surface area (Å²) < 4.78 is 10.9. The minimum atomic E-state index is 0. The summed E-state index contributed by atoms with van der Waals surface area (Å²) in [5, 5.41) is 3.47. The van der Waals surface area contributed by atoms with Crippen LogP contribution in [-0.4, -0.2) is 52.1 Å². The van der Waals surface area contributed by atoms with Gasteiger partial charge < -0.3 is 19.7 Å². The lowest BCUT2D eigenvalue weighted by molar-refractivity contribution is 0.202. The normalized spacial score (nSPS) is 20.4. The third-order valence-electron chi connectivity index (χ3n) is 4.34. The highest BCUT2D eigenvalue weighted by atomic mass is 35.5. The van der Waals surface area contributed by atoms with Crippen molar-refractivity contribution in [2.45, 2.75) is 24.8 Å². The van der Waals surface area contributed by atoms with Crippen LogP contribution in [-0.2, 0) is 6.54 Å². The Kier molecular flexibility index (Phi) is 8.01. The molecule has 2 rings (SSSR count). The van der Waals surface area contributed by atoms with Crippen molar-refractivity contribution in [3.05, 3.63) is 17.7 Å². The topological polar surface area (TPSA) is 33.7 Å². The van der Waals surface area contributed by atoms with Crippen molar-refractivity contribution in [2.24, 2.45) is 5.41 Å². The average molecular weight is 361 g/mol. The summed E-state index contributed by atoms with van der Waals surface area (Å²) in [6, 6.07) is 4.18. The molecular weight excluding hydrogens is 332 g/mol. The summed E-state index contributed by atoms with van der Waals surface area (Å²) >= 11 is 1.75. The maximum atomic E-state index is 5.45. The molecule has 0 radical (unpaired) electrons. The first-order valence-corrected chi connectivity index (χ1v) is 8.92. The molecule has 1 N–H and O–H groups in total. The number of halogens is 1. The molecule has 0 bridgehead atoms. The molecule has 132 valence electrons. The molecule has 1 atom stereocenters. The molecule has 1 unspecified atom stereocenters. The fraction of sp³-hybridized carbons (Fsp3) is 0.647. The summed E-state index contributed by atoms with van der Waals surface area (Å²) in [6.45, 7) is 6.64. The van der Waals surface area contributed by atoms with E-state index in [4.69, 9.17) is 9.47 Å². The molecule has 0 aliphatic carbocycles. The first-order valence-electron chi connectivity index (χ1n) is 7.69. The minimum Gasteiger partial charge on any atom is -0.493 e. The summed E-state index contributed by atoms with van der Waals surface area (Å²) in [6.07, 6.45) is 3.35. The van der Waals surface area contributed by atoms with Gasteiger partial charge in [0.15, 0.2) is 11.5 Å². The number of nitrogens with zero attached hydrogens (tertiary/aromatic N) is 1. The van der Waals surface area contributed by atoms with Gasteiger partial charge in [-0.3, -0.25) is 0 Å². The monoisotopic (exact) mass is 360 g/mol. The van der Waals surface area contributed by atoms with Gasteiger partial charge in [0.25, 0.3) is 0 Å². The lowest BCUT2D eigenvalue weighted by Crippen LogP contribution is -2.34. The second-order valence-corrected chi connectivity index (χ2v) is 7.28. The molecule has 4 nitrogen and oxygen atoms in total. The van der Waals surface area contributed by atoms with Crippen LogP contribution in [0, 0.1) is 5.41 Å². The molecule has 1 fully saturated rings. The van der Waals surface area contributed by atoms with Crippen molar-refractivity contribution in [1.29, 1.82) is 0 Å². The maximum absolute atomic E-state index is 5.45. The van der Waals surface area contributed by atoms with Gasteiger partial charge in [-0.05, 0) is 49.4 Å². The van der Waals surface area contributed by atoms with Crippen molar-refractivity contribution in [1.82, 2.24) is 10.2 Å². The van der Waals surface area contributed by atoms with Gasteiger partial charge in [-0.25, -0.2) is 0 Å². The van der Waals surface area contributed by atoms with E-state index in [0.717, 1.165) is 37.7 Å². The molecule has 6 heteroatoms. The number of hydrogen-bond donors (Lipinski definition) is 1. The van der Waals surface area contributed by atoms with Crippen molar-refractivity contribution < 1.29 is 9.47 Å². The Hall–Kier alpha value is -0.620. The zero-order chi connectivity index (χ0) is 16.2. The minimum absolute atomic E-state index is 0. The number of methoxy groups -OCH3 is 2. The third-order valence-corrected chi connectivity index (χ3v) is 5.16. The average Bonchev–Trinajstić information content (AvgIpc) is 2.92. The summed E-state index contributed by atoms with van der Waals surface area (Å²) in [7, 11) is 5.57. The van der Waals surface area contributed by atoms with Crippen molar-refractivity contribution in [3.8, 4) is 11.5 Å². The zero-order valence-corrected chi connectivity index (χ0v) is 16.4. The lowest BCUT2D eigenvalue weighted by atomic mass is 9.89. The van der Waals surface area contributed by atoms with E-state index in [2.05, 4.69) is 42.6 Å². The highest BCUT2D eigenvalue weighted by Crippen LogP contribution is 2.35. The molecule has 1 heterocycles. The second-order valence-electron chi connectivity index (χ2n) is 6.43. The molecular formula is C17H29ClN2O2S. The predicted molar refractivity (Wildman–Crippen MR) is 101 cm³/mol. The van der Waals surface area contributed by atoms with Crippen LogP contribution >= 0.6 is 24.2 Å². The molecule has 1 aromatic rings. The first-order chi connectivity index (χ1) is 10.5. The summed E-state index contributed by atoms with van der Waals surface area (Å²) in [5.41, 5.74) is 1.67.